The van der Waals surface area contributed by atoms with Crippen LogP contribution in [0.15, 0.2) is 0 Å². The molecule has 0 aliphatic carbocycles. The monoisotopic (exact) mass is 208 g/mol. The van der Waals surface area contributed by atoms with Gasteiger partial charge in [0.1, 0.15) is 18.3 Å². The van der Waals surface area contributed by atoms with Crippen molar-refractivity contribution in [2.24, 2.45) is 0 Å². The first-order valence-corrected chi connectivity index (χ1v) is 3.94. The van der Waals surface area contributed by atoms with Crippen LogP contribution < -0.4 is 0 Å². The topological polar surface area (TPSA) is 116 Å². The molecule has 0 radical (unpaired) electrons. The van der Waals surface area contributed by atoms with Gasteiger partial charge >= 0.3 is 5.97 Å². The van der Waals surface area contributed by atoms with Crippen LogP contribution in [0.2, 0.25) is 0 Å². The molecule has 5 atom stereocenters. The van der Waals surface area contributed by atoms with Gasteiger partial charge in [0.05, 0.1) is 0 Å². The number of aliphatic hydroxyl groups excluding tert-OH is 3. The van der Waals surface area contributed by atoms with E-state index in [4.69, 9.17) is 9.84 Å². The third-order valence-corrected chi connectivity index (χ3v) is 2.05. The highest BCUT2D eigenvalue weighted by Gasteiger charge is 2.46. The molecule has 7 nitrogen and oxygen atoms in total. The molecule has 0 bridgehead atoms. The van der Waals surface area contributed by atoms with Gasteiger partial charge in [0.25, 0.3) is 0 Å². The number of carboxylic acid groups (broad SMARTS) is 1. The maximum Gasteiger partial charge on any atom is 0.335 e. The predicted molar refractivity (Wildman–Crippen MR) is 41.3 cm³/mol. The summed E-state index contributed by atoms with van der Waals surface area (Å²) in [5, 5.41) is 36.3. The van der Waals surface area contributed by atoms with Crippen molar-refractivity contribution in [2.45, 2.75) is 30.7 Å². The van der Waals surface area contributed by atoms with Crippen LogP contribution in [-0.4, -0.2) is 64.2 Å². The Kier molecular flexibility index (Phi) is 3.40. The minimum Gasteiger partial charge on any atom is -0.479 e. The molecule has 3 unspecified atom stereocenters. The maximum atomic E-state index is 10.5. The van der Waals surface area contributed by atoms with E-state index in [1.165, 1.54) is 7.11 Å². The maximum absolute atomic E-state index is 10.5. The highest BCUT2D eigenvalue weighted by Crippen LogP contribution is 2.21. The van der Waals surface area contributed by atoms with E-state index in [-0.39, 0.29) is 0 Å². The molecular weight excluding hydrogens is 196 g/mol. The second-order valence-corrected chi connectivity index (χ2v) is 2.97. The van der Waals surface area contributed by atoms with Gasteiger partial charge in [-0.2, -0.15) is 0 Å². The quantitative estimate of drug-likeness (QED) is 0.397. The van der Waals surface area contributed by atoms with Crippen molar-refractivity contribution in [1.29, 1.82) is 0 Å². The summed E-state index contributed by atoms with van der Waals surface area (Å²) in [5.41, 5.74) is 0. The highest BCUT2D eigenvalue weighted by atomic mass is 16.7. The van der Waals surface area contributed by atoms with Gasteiger partial charge in [-0.15, -0.1) is 0 Å². The van der Waals surface area contributed by atoms with Crippen LogP contribution in [0, 0.1) is 0 Å². The van der Waals surface area contributed by atoms with Crippen molar-refractivity contribution in [3.63, 3.8) is 0 Å². The first kappa shape index (κ1) is 11.3. The Balaban J connectivity index is 2.78. The zero-order valence-corrected chi connectivity index (χ0v) is 7.40. The lowest BCUT2D eigenvalue weighted by atomic mass is 9.99. The van der Waals surface area contributed by atoms with E-state index in [0.717, 1.165) is 0 Å². The number of hydrogen-bond donors (Lipinski definition) is 4. The van der Waals surface area contributed by atoms with E-state index >= 15 is 0 Å². The first-order chi connectivity index (χ1) is 6.49. The molecule has 1 saturated heterocycles. The number of ether oxygens (including phenoxy) is 2. The predicted octanol–water partition coefficient (Wildman–Crippen LogP) is -2.47. The van der Waals surface area contributed by atoms with Gasteiger partial charge in [0.15, 0.2) is 12.4 Å². The third kappa shape index (κ3) is 1.86. The first-order valence-electron chi connectivity index (χ1n) is 3.94. The van der Waals surface area contributed by atoms with Crippen molar-refractivity contribution in [1.82, 2.24) is 0 Å². The number of carbonyl (C=O) groups is 1. The SMILES string of the molecule is CO[C@H]1OC(C(=O)O)C(O)[C@H](O)C1O. The summed E-state index contributed by atoms with van der Waals surface area (Å²) in [6, 6.07) is 0. The summed E-state index contributed by atoms with van der Waals surface area (Å²) in [4.78, 5) is 10.5. The molecule has 1 aliphatic rings. The van der Waals surface area contributed by atoms with E-state index in [2.05, 4.69) is 4.74 Å². The minimum atomic E-state index is -1.67. The van der Waals surface area contributed by atoms with E-state index in [1.54, 1.807) is 0 Å². The lowest BCUT2D eigenvalue weighted by Gasteiger charge is -2.37. The molecule has 0 aromatic heterocycles. The lowest BCUT2D eigenvalue weighted by Crippen LogP contribution is -2.60. The number of aliphatic carboxylic acids is 1. The summed E-state index contributed by atoms with van der Waals surface area (Å²) in [7, 11) is 1.19. The van der Waals surface area contributed by atoms with Crippen LogP contribution in [-0.2, 0) is 14.3 Å². The molecule has 82 valence electrons. The summed E-state index contributed by atoms with van der Waals surface area (Å²) in [6.45, 7) is 0. The van der Waals surface area contributed by atoms with Gasteiger partial charge in [-0.1, -0.05) is 0 Å². The average Bonchev–Trinajstić information content (AvgIpc) is 2.14. The fourth-order valence-corrected chi connectivity index (χ4v) is 1.25. The van der Waals surface area contributed by atoms with E-state index in [9.17, 15) is 20.1 Å². The fraction of sp³-hybridized carbons (Fsp3) is 0.857. The second-order valence-electron chi connectivity index (χ2n) is 2.97. The Bertz CT molecular complexity index is 216. The molecule has 1 heterocycles. The third-order valence-electron chi connectivity index (χ3n) is 2.05. The van der Waals surface area contributed by atoms with Crippen LogP contribution in [0.4, 0.5) is 0 Å². The van der Waals surface area contributed by atoms with Gasteiger partial charge in [-0.05, 0) is 0 Å². The van der Waals surface area contributed by atoms with Crippen molar-refractivity contribution in [2.75, 3.05) is 7.11 Å². The molecular formula is C7H12O7. The molecule has 0 spiro atoms. The smallest absolute Gasteiger partial charge is 0.335 e. The van der Waals surface area contributed by atoms with Crippen molar-refractivity contribution in [3.05, 3.63) is 0 Å². The summed E-state index contributed by atoms with van der Waals surface area (Å²) in [6.07, 6.45) is -7.60. The number of carboxylic acids is 1. The molecule has 4 N–H and O–H groups in total. The molecule has 14 heavy (non-hydrogen) atoms. The Morgan fingerprint density at radius 3 is 2.21 bits per heavy atom. The second kappa shape index (κ2) is 4.20. The lowest BCUT2D eigenvalue weighted by molar-refractivity contribution is -0.287. The number of hydrogen-bond acceptors (Lipinski definition) is 6. The van der Waals surface area contributed by atoms with Crippen LogP contribution in [0.25, 0.3) is 0 Å². The van der Waals surface area contributed by atoms with Gasteiger partial charge in [0.2, 0.25) is 0 Å². The highest BCUT2D eigenvalue weighted by molar-refractivity contribution is 5.73. The van der Waals surface area contributed by atoms with Crippen molar-refractivity contribution >= 4 is 5.97 Å². The van der Waals surface area contributed by atoms with Crippen LogP contribution in [0.3, 0.4) is 0 Å². The van der Waals surface area contributed by atoms with Crippen LogP contribution in [0.5, 0.6) is 0 Å². The van der Waals surface area contributed by atoms with Gasteiger partial charge in [0, 0.05) is 7.11 Å². The summed E-state index contributed by atoms with van der Waals surface area (Å²) in [5.74, 6) is -1.43. The van der Waals surface area contributed by atoms with E-state index in [0.29, 0.717) is 0 Å². The van der Waals surface area contributed by atoms with E-state index < -0.39 is 36.7 Å². The van der Waals surface area contributed by atoms with Crippen LogP contribution >= 0.6 is 0 Å². The molecule has 1 fully saturated rings. The van der Waals surface area contributed by atoms with Gasteiger partial charge in [-0.25, -0.2) is 4.79 Å². The van der Waals surface area contributed by atoms with Gasteiger partial charge in [-0.3, -0.25) is 0 Å². The Morgan fingerprint density at radius 1 is 1.21 bits per heavy atom. The van der Waals surface area contributed by atoms with E-state index in [1.807, 2.05) is 0 Å². The number of methoxy groups -OCH3 is 1. The average molecular weight is 208 g/mol. The standard InChI is InChI=1S/C7H12O7/c1-13-7-4(10)2(8)3(9)5(14-7)6(11)12/h2-5,7-10H,1H3,(H,11,12)/t2-,3?,4?,5?,7-/m0/s1. The molecule has 0 aromatic rings. The summed E-state index contributed by atoms with van der Waals surface area (Å²) >= 11 is 0. The number of rotatable bonds is 2. The molecule has 0 amide bonds. The van der Waals surface area contributed by atoms with Gasteiger partial charge < -0.3 is 29.9 Å². The normalized spacial score (nSPS) is 43.6. The molecule has 0 saturated carbocycles. The fourth-order valence-electron chi connectivity index (χ4n) is 1.25. The minimum absolute atomic E-state index is 1.19. The number of aliphatic hydroxyl groups is 3. The zero-order valence-electron chi connectivity index (χ0n) is 7.40. The molecule has 1 rings (SSSR count). The zero-order chi connectivity index (χ0) is 10.9. The van der Waals surface area contributed by atoms with Crippen molar-refractivity contribution in [3.8, 4) is 0 Å². The summed E-state index contributed by atoms with van der Waals surface area (Å²) < 4.78 is 9.31. The Labute approximate surface area is 79.5 Å². The molecule has 0 aromatic carbocycles. The Hall–Kier alpha value is -0.730. The molecule has 7 heteroatoms. The van der Waals surface area contributed by atoms with Crippen molar-refractivity contribution < 1.29 is 34.7 Å². The molecule has 1 aliphatic heterocycles. The Morgan fingerprint density at radius 2 is 1.79 bits per heavy atom. The largest absolute Gasteiger partial charge is 0.479 e. The van der Waals surface area contributed by atoms with Crippen LogP contribution in [0.1, 0.15) is 0 Å².